The summed E-state index contributed by atoms with van der Waals surface area (Å²) in [6.45, 7) is 1.92. The third kappa shape index (κ3) is 1.97. The Hall–Kier alpha value is -2.62. The van der Waals surface area contributed by atoms with Gasteiger partial charge in [0, 0.05) is 16.6 Å². The average Bonchev–Trinajstić information content (AvgIpc) is 2.87. The molecular weight excluding hydrogens is 242 g/mol. The van der Waals surface area contributed by atoms with Crippen molar-refractivity contribution >= 4 is 16.9 Å². The maximum atomic E-state index is 10.9. The third-order valence-corrected chi connectivity index (χ3v) is 2.94. The lowest BCUT2D eigenvalue weighted by atomic mass is 10.1. The van der Waals surface area contributed by atoms with Crippen LogP contribution in [0.1, 0.15) is 16.2 Å². The van der Waals surface area contributed by atoms with Crippen LogP contribution in [0.4, 0.5) is 0 Å². The van der Waals surface area contributed by atoms with Gasteiger partial charge in [0.1, 0.15) is 5.76 Å². The number of hydrogen-bond acceptors (Lipinski definition) is 3. The number of aromatic carboxylic acids is 1. The van der Waals surface area contributed by atoms with Crippen LogP contribution in [0, 0.1) is 6.92 Å². The van der Waals surface area contributed by atoms with E-state index in [1.54, 1.807) is 6.07 Å². The minimum atomic E-state index is -1.07. The fraction of sp³-hybridized carbons (Fsp3) is 0.0667. The lowest BCUT2D eigenvalue weighted by molar-refractivity contribution is 0.0663. The van der Waals surface area contributed by atoms with E-state index in [9.17, 15) is 4.79 Å². The molecule has 2 aromatic heterocycles. The number of hydrogen-bond donors (Lipinski definition) is 1. The molecule has 4 heteroatoms. The molecule has 0 atom stereocenters. The van der Waals surface area contributed by atoms with Gasteiger partial charge < -0.3 is 9.52 Å². The Kier molecular flexibility index (Phi) is 2.56. The van der Waals surface area contributed by atoms with Crippen molar-refractivity contribution in [1.29, 1.82) is 0 Å². The van der Waals surface area contributed by atoms with Gasteiger partial charge in [0.25, 0.3) is 0 Å². The van der Waals surface area contributed by atoms with Gasteiger partial charge in [-0.2, -0.15) is 0 Å². The summed E-state index contributed by atoms with van der Waals surface area (Å²) in [5.74, 6) is -0.628. The molecule has 0 aliphatic heterocycles. The Balaban J connectivity index is 2.23. The van der Waals surface area contributed by atoms with Crippen LogP contribution in [-0.4, -0.2) is 16.1 Å². The molecule has 3 aromatic rings. The quantitative estimate of drug-likeness (QED) is 0.759. The number of aromatic nitrogens is 1. The standard InChI is InChI=1S/C15H11NO3/c1-9-5-6-10-3-2-4-11(14(10)16-9)12-7-8-13(19-12)15(17)18/h2-8H,1H3,(H,17,18). The van der Waals surface area contributed by atoms with Gasteiger partial charge in [-0.1, -0.05) is 18.2 Å². The zero-order valence-corrected chi connectivity index (χ0v) is 10.3. The second-order valence-corrected chi connectivity index (χ2v) is 4.30. The monoisotopic (exact) mass is 253 g/mol. The molecule has 19 heavy (non-hydrogen) atoms. The summed E-state index contributed by atoms with van der Waals surface area (Å²) in [6.07, 6.45) is 0. The molecule has 2 heterocycles. The van der Waals surface area contributed by atoms with Crippen LogP contribution >= 0.6 is 0 Å². The first-order chi connectivity index (χ1) is 9.15. The molecule has 4 nitrogen and oxygen atoms in total. The Morgan fingerprint density at radius 2 is 2.00 bits per heavy atom. The highest BCUT2D eigenvalue weighted by atomic mass is 16.4. The predicted molar refractivity (Wildman–Crippen MR) is 71.1 cm³/mol. The third-order valence-electron chi connectivity index (χ3n) is 2.94. The molecule has 0 radical (unpaired) electrons. The summed E-state index contributed by atoms with van der Waals surface area (Å²) < 4.78 is 5.34. The molecule has 1 aromatic carbocycles. The number of carboxylic acid groups (broad SMARTS) is 1. The topological polar surface area (TPSA) is 63.3 Å². The van der Waals surface area contributed by atoms with Gasteiger partial charge in [0.05, 0.1) is 5.52 Å². The Labute approximate surface area is 109 Å². The van der Waals surface area contributed by atoms with Crippen LogP contribution in [0.3, 0.4) is 0 Å². The van der Waals surface area contributed by atoms with Gasteiger partial charge in [-0.25, -0.2) is 4.79 Å². The van der Waals surface area contributed by atoms with Crippen molar-refractivity contribution in [2.24, 2.45) is 0 Å². The first-order valence-corrected chi connectivity index (χ1v) is 5.85. The van der Waals surface area contributed by atoms with E-state index in [0.29, 0.717) is 5.76 Å². The molecule has 0 unspecified atom stereocenters. The van der Waals surface area contributed by atoms with Crippen molar-refractivity contribution in [3.8, 4) is 11.3 Å². The highest BCUT2D eigenvalue weighted by Gasteiger charge is 2.13. The second kappa shape index (κ2) is 4.24. The molecule has 0 amide bonds. The van der Waals surface area contributed by atoms with Gasteiger partial charge in [-0.3, -0.25) is 4.98 Å². The number of benzene rings is 1. The van der Waals surface area contributed by atoms with Crippen molar-refractivity contribution < 1.29 is 14.3 Å². The van der Waals surface area contributed by atoms with Gasteiger partial charge >= 0.3 is 5.97 Å². The first-order valence-electron chi connectivity index (χ1n) is 5.85. The van der Waals surface area contributed by atoms with E-state index in [1.165, 1.54) is 6.07 Å². The number of nitrogens with zero attached hydrogens (tertiary/aromatic N) is 1. The van der Waals surface area contributed by atoms with Crippen LogP contribution in [0.25, 0.3) is 22.2 Å². The van der Waals surface area contributed by atoms with Crippen LogP contribution < -0.4 is 0 Å². The molecule has 0 fully saturated rings. The van der Waals surface area contributed by atoms with Crippen molar-refractivity contribution in [2.45, 2.75) is 6.92 Å². The Morgan fingerprint density at radius 1 is 1.16 bits per heavy atom. The summed E-state index contributed by atoms with van der Waals surface area (Å²) in [5.41, 5.74) is 2.52. The molecule has 0 bridgehead atoms. The van der Waals surface area contributed by atoms with Crippen molar-refractivity contribution in [3.05, 3.63) is 53.9 Å². The van der Waals surface area contributed by atoms with Gasteiger partial charge in [0.15, 0.2) is 0 Å². The van der Waals surface area contributed by atoms with E-state index in [-0.39, 0.29) is 5.76 Å². The van der Waals surface area contributed by atoms with Crippen LogP contribution in [0.2, 0.25) is 0 Å². The number of aryl methyl sites for hydroxylation is 1. The molecule has 0 saturated carbocycles. The maximum Gasteiger partial charge on any atom is 0.371 e. The van der Waals surface area contributed by atoms with Crippen molar-refractivity contribution in [2.75, 3.05) is 0 Å². The number of pyridine rings is 1. The summed E-state index contributed by atoms with van der Waals surface area (Å²) >= 11 is 0. The smallest absolute Gasteiger partial charge is 0.371 e. The average molecular weight is 253 g/mol. The summed E-state index contributed by atoms with van der Waals surface area (Å²) in [4.78, 5) is 15.4. The minimum absolute atomic E-state index is 0.0698. The van der Waals surface area contributed by atoms with Crippen LogP contribution in [-0.2, 0) is 0 Å². The number of rotatable bonds is 2. The van der Waals surface area contributed by atoms with E-state index in [0.717, 1.165) is 22.2 Å². The molecule has 0 saturated heterocycles. The molecular formula is C15H11NO3. The largest absolute Gasteiger partial charge is 0.475 e. The lowest BCUT2D eigenvalue weighted by Crippen LogP contribution is -1.91. The van der Waals surface area contributed by atoms with E-state index >= 15 is 0 Å². The number of fused-ring (bicyclic) bond motifs is 1. The molecule has 0 spiro atoms. The number of furan rings is 1. The fourth-order valence-electron chi connectivity index (χ4n) is 2.04. The number of carbonyl (C=O) groups is 1. The van der Waals surface area contributed by atoms with Crippen LogP contribution in [0.5, 0.6) is 0 Å². The SMILES string of the molecule is Cc1ccc2cccc(-c3ccc(C(=O)O)o3)c2n1. The highest BCUT2D eigenvalue weighted by Crippen LogP contribution is 2.28. The number of carboxylic acids is 1. The summed E-state index contributed by atoms with van der Waals surface area (Å²) in [7, 11) is 0. The van der Waals surface area contributed by atoms with Gasteiger partial charge in [-0.05, 0) is 31.2 Å². The van der Waals surface area contributed by atoms with E-state index < -0.39 is 5.97 Å². The number of para-hydroxylation sites is 1. The van der Waals surface area contributed by atoms with Crippen molar-refractivity contribution in [3.63, 3.8) is 0 Å². The zero-order valence-electron chi connectivity index (χ0n) is 10.3. The molecule has 0 aliphatic rings. The first kappa shape index (κ1) is 11.5. The zero-order chi connectivity index (χ0) is 13.4. The van der Waals surface area contributed by atoms with E-state index in [4.69, 9.17) is 9.52 Å². The predicted octanol–water partition coefficient (Wildman–Crippen LogP) is 3.50. The maximum absolute atomic E-state index is 10.9. The highest BCUT2D eigenvalue weighted by molar-refractivity contribution is 5.93. The Bertz CT molecular complexity index is 774. The lowest BCUT2D eigenvalue weighted by Gasteiger charge is -2.04. The van der Waals surface area contributed by atoms with Gasteiger partial charge in [-0.15, -0.1) is 0 Å². The Morgan fingerprint density at radius 3 is 2.74 bits per heavy atom. The molecule has 3 rings (SSSR count). The molecule has 94 valence electrons. The summed E-state index contributed by atoms with van der Waals surface area (Å²) in [6, 6.07) is 12.8. The van der Waals surface area contributed by atoms with Crippen molar-refractivity contribution in [1.82, 2.24) is 4.98 Å². The molecule has 1 N–H and O–H groups in total. The van der Waals surface area contributed by atoms with E-state index in [1.807, 2.05) is 37.3 Å². The normalized spacial score (nSPS) is 10.8. The van der Waals surface area contributed by atoms with Crippen LogP contribution in [0.15, 0.2) is 46.9 Å². The fourth-order valence-corrected chi connectivity index (χ4v) is 2.04. The molecule has 0 aliphatic carbocycles. The van der Waals surface area contributed by atoms with E-state index in [2.05, 4.69) is 4.98 Å². The second-order valence-electron chi connectivity index (χ2n) is 4.30. The summed E-state index contributed by atoms with van der Waals surface area (Å²) in [5, 5.41) is 9.89. The van der Waals surface area contributed by atoms with Gasteiger partial charge in [0.2, 0.25) is 5.76 Å². The minimum Gasteiger partial charge on any atom is -0.475 e.